The highest BCUT2D eigenvalue weighted by atomic mass is 35.5. The van der Waals surface area contributed by atoms with Crippen molar-refractivity contribution < 1.29 is 9.84 Å². The highest BCUT2D eigenvalue weighted by Crippen LogP contribution is 2.62. The second kappa shape index (κ2) is 7.37. The number of aryl methyl sites for hydroxylation is 1. The zero-order valence-electron chi connectivity index (χ0n) is 18.2. The number of fused-ring (bicyclic) bond motifs is 5. The first-order chi connectivity index (χ1) is 14.4. The zero-order valence-corrected chi connectivity index (χ0v) is 19.0. The number of ether oxygens (including phenoxy) is 1. The summed E-state index contributed by atoms with van der Waals surface area (Å²) in [7, 11) is 3.89. The van der Waals surface area contributed by atoms with E-state index >= 15 is 0 Å². The van der Waals surface area contributed by atoms with Crippen LogP contribution in [-0.4, -0.2) is 25.3 Å². The Morgan fingerprint density at radius 3 is 2.73 bits per heavy atom. The molecule has 1 N–H and O–H groups in total. The van der Waals surface area contributed by atoms with Gasteiger partial charge >= 0.3 is 0 Å². The van der Waals surface area contributed by atoms with E-state index in [0.717, 1.165) is 29.7 Å². The first-order valence-corrected chi connectivity index (χ1v) is 11.7. The highest BCUT2D eigenvalue weighted by Gasteiger charge is 2.55. The lowest BCUT2D eigenvalue weighted by atomic mass is 9.55. The van der Waals surface area contributed by atoms with Crippen LogP contribution in [0, 0.1) is 17.3 Å². The topological polar surface area (TPSA) is 32.7 Å². The van der Waals surface area contributed by atoms with Gasteiger partial charge in [0, 0.05) is 18.1 Å². The quantitative estimate of drug-likeness (QED) is 0.616. The fourth-order valence-corrected chi connectivity index (χ4v) is 7.41. The minimum Gasteiger partial charge on any atom is -0.506 e. The minimum absolute atomic E-state index is 0.272. The first-order valence-electron chi connectivity index (χ1n) is 11.3. The molecule has 0 unspecified atom stereocenters. The molecular formula is C26H32ClNO2. The van der Waals surface area contributed by atoms with Gasteiger partial charge in [-0.2, -0.15) is 0 Å². The molecule has 30 heavy (non-hydrogen) atoms. The molecule has 5 rings (SSSR count). The normalized spacial score (nSPS) is 32.1. The van der Waals surface area contributed by atoms with E-state index in [1.54, 1.807) is 24.8 Å². The van der Waals surface area contributed by atoms with E-state index in [1.165, 1.54) is 37.7 Å². The van der Waals surface area contributed by atoms with Crippen molar-refractivity contribution in [3.63, 3.8) is 0 Å². The van der Waals surface area contributed by atoms with Crippen molar-refractivity contribution in [1.82, 2.24) is 0 Å². The summed E-state index contributed by atoms with van der Waals surface area (Å²) in [5, 5.41) is 11.2. The number of benzene rings is 2. The summed E-state index contributed by atoms with van der Waals surface area (Å²) in [5.74, 6) is 3.48. The molecule has 0 amide bonds. The third-order valence-electron chi connectivity index (χ3n) is 8.67. The third kappa shape index (κ3) is 3.00. The maximum Gasteiger partial charge on any atom is 0.138 e. The van der Waals surface area contributed by atoms with Crippen molar-refractivity contribution in [2.75, 3.05) is 19.1 Å². The summed E-state index contributed by atoms with van der Waals surface area (Å²) in [6.45, 7) is 2.51. The van der Waals surface area contributed by atoms with E-state index in [0.29, 0.717) is 22.7 Å². The molecular weight excluding hydrogens is 394 g/mol. The van der Waals surface area contributed by atoms with E-state index in [-0.39, 0.29) is 5.41 Å². The molecule has 0 aliphatic heterocycles. The molecule has 0 spiro atoms. The Bertz CT molecular complexity index is 960. The van der Waals surface area contributed by atoms with Gasteiger partial charge in [0.05, 0.1) is 12.8 Å². The number of halogens is 1. The van der Waals surface area contributed by atoms with Crippen LogP contribution in [0.5, 0.6) is 11.5 Å². The second-order valence-electron chi connectivity index (χ2n) is 9.86. The third-order valence-corrected chi connectivity index (χ3v) is 8.90. The van der Waals surface area contributed by atoms with E-state index in [1.807, 2.05) is 6.07 Å². The lowest BCUT2D eigenvalue weighted by molar-refractivity contribution is 0.0485. The van der Waals surface area contributed by atoms with Crippen LogP contribution >= 0.6 is 11.6 Å². The Kier molecular flexibility index (Phi) is 4.93. The molecule has 0 aromatic heterocycles. The number of rotatable bonds is 3. The molecule has 160 valence electrons. The molecule has 4 heteroatoms. The van der Waals surface area contributed by atoms with Gasteiger partial charge in [-0.1, -0.05) is 24.6 Å². The molecule has 3 aliphatic carbocycles. The summed E-state index contributed by atoms with van der Waals surface area (Å²) in [6, 6.07) is 12.5. The van der Waals surface area contributed by atoms with Gasteiger partial charge < -0.3 is 14.7 Å². The molecule has 0 radical (unpaired) electrons. The SMILES string of the molecule is COc1ccc2c(c1)CC[C@@H]1[C@@H]2CC[C@]2(C)[C@@H](N(C)c3cc(Cl)ccc3O)CC[C@@H]12. The van der Waals surface area contributed by atoms with Crippen LogP contribution in [0.1, 0.15) is 56.1 Å². The Balaban J connectivity index is 1.43. The molecule has 3 aliphatic rings. The number of phenolic OH excluding ortho intramolecular Hbond substituents is 1. The standard InChI is InChI=1S/C26H32ClNO2/c1-26-13-12-20-19-8-6-18(30-3)14-16(19)4-7-21(20)22(26)9-11-25(26)28(2)23-15-17(27)5-10-24(23)29/h5-6,8,10,14-15,20-22,25,29H,4,7,9,11-13H2,1-3H3/t20-,21-,22+,25+,26+/m1/s1. The Morgan fingerprint density at radius 1 is 1.10 bits per heavy atom. The van der Waals surface area contributed by atoms with Crippen LogP contribution in [0.4, 0.5) is 5.69 Å². The van der Waals surface area contributed by atoms with Crippen molar-refractivity contribution in [2.24, 2.45) is 17.3 Å². The maximum absolute atomic E-state index is 10.5. The van der Waals surface area contributed by atoms with E-state index < -0.39 is 0 Å². The number of methoxy groups -OCH3 is 1. The fraction of sp³-hybridized carbons (Fsp3) is 0.538. The molecule has 3 nitrogen and oxygen atoms in total. The molecule has 0 heterocycles. The molecule has 2 aromatic carbocycles. The van der Waals surface area contributed by atoms with Crippen LogP contribution in [0.3, 0.4) is 0 Å². The number of hydrogen-bond donors (Lipinski definition) is 1. The molecule has 0 bridgehead atoms. The lowest BCUT2D eigenvalue weighted by Crippen LogP contribution is -2.49. The number of aromatic hydroxyl groups is 1. The highest BCUT2D eigenvalue weighted by molar-refractivity contribution is 6.30. The number of hydrogen-bond acceptors (Lipinski definition) is 3. The van der Waals surface area contributed by atoms with Gasteiger partial charge in [0.1, 0.15) is 11.5 Å². The largest absolute Gasteiger partial charge is 0.506 e. The molecule has 2 saturated carbocycles. The van der Waals surface area contributed by atoms with Gasteiger partial charge in [-0.3, -0.25) is 0 Å². The van der Waals surface area contributed by atoms with E-state index in [9.17, 15) is 5.11 Å². The molecule has 5 atom stereocenters. The predicted octanol–water partition coefficient (Wildman–Crippen LogP) is 6.42. The minimum atomic E-state index is 0.272. The Morgan fingerprint density at radius 2 is 1.93 bits per heavy atom. The van der Waals surface area contributed by atoms with E-state index in [4.69, 9.17) is 16.3 Å². The molecule has 2 fully saturated rings. The van der Waals surface area contributed by atoms with Gasteiger partial charge in [0.15, 0.2) is 0 Å². The Labute approximate surface area is 185 Å². The molecule has 2 aromatic rings. The van der Waals surface area contributed by atoms with Crippen molar-refractivity contribution in [3.8, 4) is 11.5 Å². The van der Waals surface area contributed by atoms with Crippen molar-refractivity contribution >= 4 is 17.3 Å². The van der Waals surface area contributed by atoms with Crippen LogP contribution in [0.25, 0.3) is 0 Å². The summed E-state index contributed by atoms with van der Waals surface area (Å²) < 4.78 is 5.47. The first kappa shape index (κ1) is 20.1. The monoisotopic (exact) mass is 425 g/mol. The fourth-order valence-electron chi connectivity index (χ4n) is 7.24. The Hall–Kier alpha value is -1.87. The average Bonchev–Trinajstić information content (AvgIpc) is 3.11. The van der Waals surface area contributed by atoms with Crippen molar-refractivity contribution in [1.29, 1.82) is 0 Å². The van der Waals surface area contributed by atoms with Crippen LogP contribution in [-0.2, 0) is 6.42 Å². The smallest absolute Gasteiger partial charge is 0.138 e. The van der Waals surface area contributed by atoms with Gasteiger partial charge in [-0.15, -0.1) is 0 Å². The predicted molar refractivity (Wildman–Crippen MR) is 123 cm³/mol. The molecule has 0 saturated heterocycles. The van der Waals surface area contributed by atoms with Gasteiger partial charge in [-0.25, -0.2) is 0 Å². The number of anilines is 1. The van der Waals surface area contributed by atoms with Crippen LogP contribution in [0.2, 0.25) is 5.02 Å². The van der Waals surface area contributed by atoms with Crippen molar-refractivity contribution in [2.45, 2.75) is 57.4 Å². The summed E-state index contributed by atoms with van der Waals surface area (Å²) in [6.07, 6.45) is 7.39. The number of phenols is 1. The van der Waals surface area contributed by atoms with Crippen LogP contribution in [0.15, 0.2) is 36.4 Å². The maximum atomic E-state index is 10.5. The average molecular weight is 426 g/mol. The number of nitrogens with zero attached hydrogens (tertiary/aromatic N) is 1. The van der Waals surface area contributed by atoms with Crippen LogP contribution < -0.4 is 9.64 Å². The summed E-state index contributed by atoms with van der Waals surface area (Å²) in [5.41, 5.74) is 4.19. The summed E-state index contributed by atoms with van der Waals surface area (Å²) >= 11 is 6.25. The summed E-state index contributed by atoms with van der Waals surface area (Å²) in [4.78, 5) is 2.31. The van der Waals surface area contributed by atoms with Gasteiger partial charge in [0.2, 0.25) is 0 Å². The second-order valence-corrected chi connectivity index (χ2v) is 10.3. The van der Waals surface area contributed by atoms with E-state index in [2.05, 4.69) is 37.1 Å². The van der Waals surface area contributed by atoms with Gasteiger partial charge in [-0.05, 0) is 103 Å². The van der Waals surface area contributed by atoms with Crippen molar-refractivity contribution in [3.05, 3.63) is 52.5 Å². The zero-order chi connectivity index (χ0) is 21.0. The lowest BCUT2D eigenvalue weighted by Gasteiger charge is -2.52. The van der Waals surface area contributed by atoms with Gasteiger partial charge in [0.25, 0.3) is 0 Å².